The van der Waals surface area contributed by atoms with Crippen LogP contribution in [-0.2, 0) is 11.3 Å². The van der Waals surface area contributed by atoms with Crippen molar-refractivity contribution in [3.63, 3.8) is 0 Å². The predicted octanol–water partition coefficient (Wildman–Crippen LogP) is 0.224. The molecule has 1 heterocycles. The molecule has 0 aliphatic heterocycles. The summed E-state index contributed by atoms with van der Waals surface area (Å²) in [5, 5.41) is 23.4. The third kappa shape index (κ3) is 5.62. The van der Waals surface area contributed by atoms with Crippen molar-refractivity contribution in [1.29, 1.82) is 0 Å². The molecule has 1 atom stereocenters. The van der Waals surface area contributed by atoms with Gasteiger partial charge in [-0.1, -0.05) is 13.3 Å². The molecule has 0 spiro atoms. The summed E-state index contributed by atoms with van der Waals surface area (Å²) in [6, 6.07) is -0.970. The molecule has 0 bridgehead atoms. The summed E-state index contributed by atoms with van der Waals surface area (Å²) < 4.78 is 0. The fraction of sp³-hybridized carbons (Fsp3) is 0.583. The van der Waals surface area contributed by atoms with E-state index < -0.39 is 18.6 Å². The topological polar surface area (TPSA) is 107 Å². The summed E-state index contributed by atoms with van der Waals surface area (Å²) in [5.74, 6) is -0.518. The van der Waals surface area contributed by atoms with Gasteiger partial charge in [-0.15, -0.1) is 0 Å². The summed E-state index contributed by atoms with van der Waals surface area (Å²) in [4.78, 5) is 18.9. The maximum absolute atomic E-state index is 10.7. The molecule has 19 heavy (non-hydrogen) atoms. The number of nitrogens with zero attached hydrogens (tertiary/aromatic N) is 2. The van der Waals surface area contributed by atoms with Crippen molar-refractivity contribution in [1.82, 2.24) is 15.3 Å². The van der Waals surface area contributed by atoms with Gasteiger partial charge in [0, 0.05) is 31.0 Å². The van der Waals surface area contributed by atoms with E-state index in [1.807, 2.05) is 0 Å². The van der Waals surface area contributed by atoms with E-state index in [4.69, 9.17) is 10.2 Å². The quantitative estimate of drug-likeness (QED) is 0.475. The number of anilines is 1. The average Bonchev–Trinajstić information content (AvgIpc) is 2.41. The van der Waals surface area contributed by atoms with Crippen LogP contribution in [0.2, 0.25) is 0 Å². The highest BCUT2D eigenvalue weighted by Crippen LogP contribution is 2.01. The number of hydrogen-bond acceptors (Lipinski definition) is 6. The second-order valence-electron chi connectivity index (χ2n) is 4.15. The Morgan fingerprint density at radius 1 is 1.42 bits per heavy atom. The van der Waals surface area contributed by atoms with Gasteiger partial charge in [0.25, 0.3) is 0 Å². The van der Waals surface area contributed by atoms with Gasteiger partial charge in [-0.2, -0.15) is 0 Å². The van der Waals surface area contributed by atoms with Gasteiger partial charge in [0.15, 0.2) is 0 Å². The van der Waals surface area contributed by atoms with E-state index in [-0.39, 0.29) is 0 Å². The molecule has 7 heteroatoms. The van der Waals surface area contributed by atoms with Crippen molar-refractivity contribution >= 4 is 11.9 Å². The second-order valence-corrected chi connectivity index (χ2v) is 4.15. The van der Waals surface area contributed by atoms with Gasteiger partial charge < -0.3 is 15.5 Å². The number of carbonyl (C=O) groups is 1. The van der Waals surface area contributed by atoms with E-state index in [1.165, 1.54) is 0 Å². The lowest BCUT2D eigenvalue weighted by atomic mass is 10.3. The Morgan fingerprint density at radius 2 is 2.11 bits per heavy atom. The summed E-state index contributed by atoms with van der Waals surface area (Å²) in [6.45, 7) is 2.79. The summed E-state index contributed by atoms with van der Waals surface area (Å²) in [7, 11) is 0. The number of carboxylic acids is 1. The highest BCUT2D eigenvalue weighted by atomic mass is 16.4. The number of rotatable bonds is 9. The molecule has 0 aliphatic rings. The van der Waals surface area contributed by atoms with Crippen molar-refractivity contribution in [2.45, 2.75) is 32.4 Å². The lowest BCUT2D eigenvalue weighted by Crippen LogP contribution is -2.39. The number of nitrogens with one attached hydrogen (secondary N) is 2. The van der Waals surface area contributed by atoms with Crippen LogP contribution in [-0.4, -0.2) is 45.3 Å². The first kappa shape index (κ1) is 15.3. The van der Waals surface area contributed by atoms with Gasteiger partial charge in [-0.25, -0.2) is 9.97 Å². The van der Waals surface area contributed by atoms with E-state index in [0.29, 0.717) is 12.5 Å². The second kappa shape index (κ2) is 8.39. The first-order chi connectivity index (χ1) is 9.17. The zero-order valence-electron chi connectivity index (χ0n) is 11.0. The number of aliphatic hydroxyl groups is 1. The Morgan fingerprint density at radius 3 is 2.63 bits per heavy atom. The van der Waals surface area contributed by atoms with Crippen LogP contribution in [0.3, 0.4) is 0 Å². The van der Waals surface area contributed by atoms with Crippen LogP contribution in [0.4, 0.5) is 5.95 Å². The van der Waals surface area contributed by atoms with E-state index in [0.717, 1.165) is 24.9 Å². The van der Waals surface area contributed by atoms with E-state index in [1.54, 1.807) is 12.4 Å². The van der Waals surface area contributed by atoms with E-state index in [2.05, 4.69) is 27.5 Å². The molecule has 0 saturated carbocycles. The first-order valence-electron chi connectivity index (χ1n) is 6.29. The van der Waals surface area contributed by atoms with Gasteiger partial charge >= 0.3 is 5.97 Å². The minimum Gasteiger partial charge on any atom is -0.480 e. The summed E-state index contributed by atoms with van der Waals surface area (Å²) in [6.07, 6.45) is 5.42. The third-order valence-corrected chi connectivity index (χ3v) is 2.55. The molecule has 0 saturated heterocycles. The molecule has 1 aromatic heterocycles. The van der Waals surface area contributed by atoms with Crippen LogP contribution in [0, 0.1) is 0 Å². The number of unbranched alkanes of at least 4 members (excludes halogenated alkanes) is 1. The molecular formula is C12H20N4O3. The number of hydrogen-bond donors (Lipinski definition) is 4. The zero-order valence-corrected chi connectivity index (χ0v) is 11.0. The van der Waals surface area contributed by atoms with Crippen molar-refractivity contribution in [3.05, 3.63) is 18.0 Å². The number of carboxylic acid groups (broad SMARTS) is 1. The standard InChI is InChI=1S/C12H20N4O3/c1-2-3-4-13-12-15-6-9(7-16-12)5-14-10(8-17)11(18)19/h6-7,10,14,17H,2-5,8H2,1H3,(H,18,19)(H,13,15,16)/t10-/m1/s1. The number of aliphatic carboxylic acids is 1. The van der Waals surface area contributed by atoms with Crippen molar-refractivity contribution in [3.8, 4) is 0 Å². The van der Waals surface area contributed by atoms with Gasteiger partial charge in [0.05, 0.1) is 6.61 Å². The highest BCUT2D eigenvalue weighted by molar-refractivity contribution is 5.73. The Balaban J connectivity index is 2.41. The lowest BCUT2D eigenvalue weighted by Gasteiger charge is -2.11. The SMILES string of the molecule is CCCCNc1ncc(CN[C@H](CO)C(=O)O)cn1. The molecule has 106 valence electrons. The number of aliphatic hydroxyl groups excluding tert-OH is 1. The van der Waals surface area contributed by atoms with E-state index >= 15 is 0 Å². The smallest absolute Gasteiger partial charge is 0.323 e. The fourth-order valence-electron chi connectivity index (χ4n) is 1.39. The minimum atomic E-state index is -1.08. The molecule has 1 rings (SSSR count). The largest absolute Gasteiger partial charge is 0.480 e. The normalized spacial score (nSPS) is 12.1. The van der Waals surface area contributed by atoms with Crippen molar-refractivity contribution in [2.75, 3.05) is 18.5 Å². The van der Waals surface area contributed by atoms with Crippen LogP contribution in [0.25, 0.3) is 0 Å². The maximum Gasteiger partial charge on any atom is 0.323 e. The van der Waals surface area contributed by atoms with Gasteiger partial charge in [0.2, 0.25) is 5.95 Å². The van der Waals surface area contributed by atoms with Crippen LogP contribution in [0.5, 0.6) is 0 Å². The zero-order chi connectivity index (χ0) is 14.1. The third-order valence-electron chi connectivity index (χ3n) is 2.55. The van der Waals surface area contributed by atoms with Crippen LogP contribution in [0.15, 0.2) is 12.4 Å². The van der Waals surface area contributed by atoms with Crippen molar-refractivity contribution < 1.29 is 15.0 Å². The van der Waals surface area contributed by atoms with Crippen LogP contribution in [0.1, 0.15) is 25.3 Å². The molecule has 1 aromatic rings. The molecule has 7 nitrogen and oxygen atoms in total. The lowest BCUT2D eigenvalue weighted by molar-refractivity contribution is -0.140. The maximum atomic E-state index is 10.7. The molecule has 0 unspecified atom stereocenters. The first-order valence-corrected chi connectivity index (χ1v) is 6.29. The van der Waals surface area contributed by atoms with Gasteiger partial charge in [-0.05, 0) is 6.42 Å². The number of aromatic nitrogens is 2. The van der Waals surface area contributed by atoms with E-state index in [9.17, 15) is 4.79 Å². The highest BCUT2D eigenvalue weighted by Gasteiger charge is 2.14. The molecular weight excluding hydrogens is 248 g/mol. The average molecular weight is 268 g/mol. The monoisotopic (exact) mass is 268 g/mol. The molecule has 0 radical (unpaired) electrons. The van der Waals surface area contributed by atoms with Crippen LogP contribution >= 0.6 is 0 Å². The minimum absolute atomic E-state index is 0.298. The summed E-state index contributed by atoms with van der Waals surface area (Å²) in [5.41, 5.74) is 0.765. The Kier molecular flexibility index (Phi) is 6.76. The molecule has 4 N–H and O–H groups in total. The summed E-state index contributed by atoms with van der Waals surface area (Å²) >= 11 is 0. The Bertz CT molecular complexity index is 383. The van der Waals surface area contributed by atoms with Crippen LogP contribution < -0.4 is 10.6 Å². The Hall–Kier alpha value is -1.73. The fourth-order valence-corrected chi connectivity index (χ4v) is 1.39. The van der Waals surface area contributed by atoms with Crippen molar-refractivity contribution in [2.24, 2.45) is 0 Å². The molecule has 0 aromatic carbocycles. The molecule has 0 amide bonds. The van der Waals surface area contributed by atoms with Gasteiger partial charge in [-0.3, -0.25) is 10.1 Å². The Labute approximate surface area is 112 Å². The molecule has 0 fully saturated rings. The van der Waals surface area contributed by atoms with Gasteiger partial charge in [0.1, 0.15) is 6.04 Å². The molecule has 0 aliphatic carbocycles. The predicted molar refractivity (Wildman–Crippen MR) is 70.8 cm³/mol.